The molecule has 4 N–H and O–H groups in total. The first-order chi connectivity index (χ1) is 9.70. The topological polar surface area (TPSA) is 110 Å². The summed E-state index contributed by atoms with van der Waals surface area (Å²) in [6.45, 7) is 0.156. The molecule has 1 aromatic carbocycles. The Labute approximate surface area is 120 Å². The highest BCUT2D eigenvalue weighted by atomic mass is 32.2. The number of benzene rings is 1. The Bertz CT molecular complexity index is 672. The van der Waals surface area contributed by atoms with Gasteiger partial charge in [0.05, 0.1) is 11.3 Å². The number of nitrogens with two attached hydrogens (primary N) is 2. The van der Waals surface area contributed by atoms with E-state index in [2.05, 4.69) is 0 Å². The van der Waals surface area contributed by atoms with Crippen LogP contribution in [0.4, 0.5) is 14.5 Å². The van der Waals surface area contributed by atoms with Crippen LogP contribution in [0.1, 0.15) is 10.4 Å². The van der Waals surface area contributed by atoms with Gasteiger partial charge in [-0.1, -0.05) is 0 Å². The number of hydrogen-bond donors (Lipinski definition) is 2. The van der Waals surface area contributed by atoms with Crippen LogP contribution < -0.4 is 10.9 Å². The molecule has 1 aliphatic heterocycles. The largest absolute Gasteiger partial charge is 0.396 e. The number of nitrogen functional groups attached to an aromatic ring is 1. The number of carbonyl (C=O) groups excluding carboxylic acids is 1. The molecule has 0 saturated carbocycles. The Morgan fingerprint density at radius 3 is 2.19 bits per heavy atom. The molecular weight excluding hydrogens is 306 g/mol. The normalized spacial score (nSPS) is 17.0. The lowest BCUT2D eigenvalue weighted by Gasteiger charge is -2.33. The van der Waals surface area contributed by atoms with Gasteiger partial charge in [-0.3, -0.25) is 4.79 Å². The summed E-state index contributed by atoms with van der Waals surface area (Å²) >= 11 is 0. The fraction of sp³-hybridized carbons (Fsp3) is 0.364. The van der Waals surface area contributed by atoms with Crippen molar-refractivity contribution in [2.24, 2.45) is 5.14 Å². The summed E-state index contributed by atoms with van der Waals surface area (Å²) in [6.07, 6.45) is 0. The number of rotatable bonds is 2. The maximum atomic E-state index is 13.6. The average Bonchev–Trinajstić information content (AvgIpc) is 2.41. The van der Waals surface area contributed by atoms with Gasteiger partial charge in [-0.05, 0) is 6.07 Å². The van der Waals surface area contributed by atoms with Gasteiger partial charge < -0.3 is 10.6 Å². The van der Waals surface area contributed by atoms with Crippen LogP contribution in [0.3, 0.4) is 0 Å². The SMILES string of the molecule is Nc1cc(C(=O)N2CCN(S(N)(=O)=O)CC2)c(F)cc1F. The van der Waals surface area contributed by atoms with E-state index in [1.807, 2.05) is 0 Å². The minimum Gasteiger partial charge on any atom is -0.396 e. The minimum absolute atomic E-state index is 0.0167. The first-order valence-electron chi connectivity index (χ1n) is 6.02. The second-order valence-corrected chi connectivity index (χ2v) is 6.14. The van der Waals surface area contributed by atoms with E-state index in [4.69, 9.17) is 10.9 Å². The molecular formula is C11H14F2N4O3S. The second kappa shape index (κ2) is 5.54. The van der Waals surface area contributed by atoms with Crippen molar-refractivity contribution in [1.82, 2.24) is 9.21 Å². The summed E-state index contributed by atoms with van der Waals surface area (Å²) < 4.78 is 50.0. The highest BCUT2D eigenvalue weighted by Crippen LogP contribution is 2.19. The van der Waals surface area contributed by atoms with Crippen molar-refractivity contribution in [2.45, 2.75) is 0 Å². The number of piperazine rings is 1. The molecule has 1 amide bonds. The monoisotopic (exact) mass is 320 g/mol. The molecule has 10 heteroatoms. The van der Waals surface area contributed by atoms with Gasteiger partial charge in [0.25, 0.3) is 16.1 Å². The number of hydrogen-bond acceptors (Lipinski definition) is 4. The van der Waals surface area contributed by atoms with E-state index < -0.39 is 27.8 Å². The van der Waals surface area contributed by atoms with E-state index >= 15 is 0 Å². The number of halogens is 2. The summed E-state index contributed by atoms with van der Waals surface area (Å²) in [7, 11) is -3.81. The van der Waals surface area contributed by atoms with Crippen LogP contribution in [0.2, 0.25) is 0 Å². The van der Waals surface area contributed by atoms with Crippen LogP contribution in [0.25, 0.3) is 0 Å². The Kier molecular flexibility index (Phi) is 4.12. The number of nitrogens with zero attached hydrogens (tertiary/aromatic N) is 2. The molecule has 0 bridgehead atoms. The van der Waals surface area contributed by atoms with Crippen LogP contribution in [0, 0.1) is 11.6 Å². The van der Waals surface area contributed by atoms with E-state index in [-0.39, 0.29) is 37.4 Å². The molecule has 0 spiro atoms. The molecule has 0 aromatic heterocycles. The quantitative estimate of drug-likeness (QED) is 0.716. The van der Waals surface area contributed by atoms with Gasteiger partial charge in [0.2, 0.25) is 0 Å². The molecule has 0 radical (unpaired) electrons. The van der Waals surface area contributed by atoms with E-state index in [0.29, 0.717) is 6.07 Å². The van der Waals surface area contributed by atoms with Crippen molar-refractivity contribution in [3.63, 3.8) is 0 Å². The first-order valence-corrected chi connectivity index (χ1v) is 7.52. The standard InChI is InChI=1S/C11H14F2N4O3S/c12-8-6-9(13)10(14)5-7(8)11(18)16-1-3-17(4-2-16)21(15,19)20/h5-6H,1-4,14H2,(H2,15,19,20). The van der Waals surface area contributed by atoms with Crippen molar-refractivity contribution in [2.75, 3.05) is 31.9 Å². The molecule has 1 heterocycles. The average molecular weight is 320 g/mol. The summed E-state index contributed by atoms with van der Waals surface area (Å²) in [4.78, 5) is 13.4. The fourth-order valence-electron chi connectivity index (χ4n) is 2.05. The summed E-state index contributed by atoms with van der Waals surface area (Å²) in [5.74, 6) is -2.63. The van der Waals surface area contributed by atoms with Crippen molar-refractivity contribution < 1.29 is 22.0 Å². The molecule has 1 saturated heterocycles. The van der Waals surface area contributed by atoms with Crippen molar-refractivity contribution >= 4 is 21.8 Å². The van der Waals surface area contributed by atoms with Gasteiger partial charge in [0.15, 0.2) is 0 Å². The smallest absolute Gasteiger partial charge is 0.277 e. The Morgan fingerprint density at radius 1 is 1.10 bits per heavy atom. The van der Waals surface area contributed by atoms with Gasteiger partial charge in [0, 0.05) is 32.2 Å². The molecule has 1 aliphatic rings. The zero-order chi connectivity index (χ0) is 15.8. The predicted molar refractivity (Wildman–Crippen MR) is 71.4 cm³/mol. The third kappa shape index (κ3) is 3.28. The molecule has 0 aliphatic carbocycles. The lowest BCUT2D eigenvalue weighted by molar-refractivity contribution is 0.0693. The van der Waals surface area contributed by atoms with Crippen LogP contribution in [0.15, 0.2) is 12.1 Å². The van der Waals surface area contributed by atoms with Gasteiger partial charge >= 0.3 is 0 Å². The zero-order valence-electron chi connectivity index (χ0n) is 10.9. The van der Waals surface area contributed by atoms with Crippen LogP contribution >= 0.6 is 0 Å². The Hall–Kier alpha value is -1.78. The summed E-state index contributed by atoms with van der Waals surface area (Å²) in [5, 5.41) is 4.98. The van der Waals surface area contributed by atoms with Gasteiger partial charge in [-0.15, -0.1) is 0 Å². The van der Waals surface area contributed by atoms with E-state index in [9.17, 15) is 22.0 Å². The zero-order valence-corrected chi connectivity index (χ0v) is 11.7. The van der Waals surface area contributed by atoms with Crippen molar-refractivity contribution in [1.29, 1.82) is 0 Å². The lowest BCUT2D eigenvalue weighted by Crippen LogP contribution is -2.52. The Morgan fingerprint density at radius 2 is 1.67 bits per heavy atom. The molecule has 1 fully saturated rings. The third-order valence-corrected chi connectivity index (χ3v) is 4.29. The molecule has 2 rings (SSSR count). The summed E-state index contributed by atoms with van der Waals surface area (Å²) in [5.41, 5.74) is 4.64. The van der Waals surface area contributed by atoms with Crippen LogP contribution in [-0.4, -0.2) is 49.7 Å². The van der Waals surface area contributed by atoms with E-state index in [0.717, 1.165) is 10.4 Å². The van der Waals surface area contributed by atoms with Crippen LogP contribution in [0.5, 0.6) is 0 Å². The molecule has 7 nitrogen and oxygen atoms in total. The number of carbonyl (C=O) groups is 1. The highest BCUT2D eigenvalue weighted by Gasteiger charge is 2.28. The number of anilines is 1. The van der Waals surface area contributed by atoms with E-state index in [1.165, 1.54) is 4.90 Å². The summed E-state index contributed by atoms with van der Waals surface area (Å²) in [6, 6.07) is 1.47. The molecule has 0 atom stereocenters. The minimum atomic E-state index is -3.81. The van der Waals surface area contributed by atoms with E-state index in [1.54, 1.807) is 0 Å². The van der Waals surface area contributed by atoms with Gasteiger partial charge in [-0.25, -0.2) is 13.9 Å². The van der Waals surface area contributed by atoms with Crippen molar-refractivity contribution in [3.8, 4) is 0 Å². The molecule has 0 unspecified atom stereocenters. The maximum Gasteiger partial charge on any atom is 0.277 e. The van der Waals surface area contributed by atoms with Crippen LogP contribution in [-0.2, 0) is 10.2 Å². The Balaban J connectivity index is 2.14. The molecule has 1 aromatic rings. The number of amides is 1. The third-order valence-electron chi connectivity index (χ3n) is 3.20. The lowest BCUT2D eigenvalue weighted by atomic mass is 10.1. The van der Waals surface area contributed by atoms with Gasteiger partial charge in [-0.2, -0.15) is 12.7 Å². The van der Waals surface area contributed by atoms with Gasteiger partial charge in [0.1, 0.15) is 11.6 Å². The van der Waals surface area contributed by atoms with Crippen molar-refractivity contribution in [3.05, 3.63) is 29.3 Å². The highest BCUT2D eigenvalue weighted by molar-refractivity contribution is 7.86. The molecule has 116 valence electrons. The first kappa shape index (κ1) is 15.6. The fourth-order valence-corrected chi connectivity index (χ4v) is 2.72. The molecule has 21 heavy (non-hydrogen) atoms. The second-order valence-electron chi connectivity index (χ2n) is 4.59. The predicted octanol–water partition coefficient (Wildman–Crippen LogP) is -0.492. The maximum absolute atomic E-state index is 13.6.